The first-order valence-corrected chi connectivity index (χ1v) is 12.8. The molecule has 0 aromatic carbocycles. The number of carboxylic acid groups (broad SMARTS) is 1. The lowest BCUT2D eigenvalue weighted by atomic mass is 9.94. The van der Waals surface area contributed by atoms with Gasteiger partial charge in [-0.3, -0.25) is 4.79 Å². The van der Waals surface area contributed by atoms with E-state index in [-0.39, 0.29) is 17.6 Å². The van der Waals surface area contributed by atoms with E-state index in [2.05, 4.69) is 11.4 Å². The number of thiophene rings is 1. The van der Waals surface area contributed by atoms with Crippen molar-refractivity contribution < 1.29 is 19.4 Å². The summed E-state index contributed by atoms with van der Waals surface area (Å²) in [5.74, 6) is -1.22. The van der Waals surface area contributed by atoms with Gasteiger partial charge in [-0.15, -0.1) is 11.3 Å². The third-order valence-electron chi connectivity index (χ3n) is 6.39. The Kier molecular flexibility index (Phi) is 5.70. The number of alkyl carbamates (subject to hydrolysis) is 1. The summed E-state index contributed by atoms with van der Waals surface area (Å²) in [7, 11) is 0. The third-order valence-corrected chi connectivity index (χ3v) is 7.68. The van der Waals surface area contributed by atoms with Crippen LogP contribution in [-0.4, -0.2) is 32.3 Å². The van der Waals surface area contributed by atoms with Gasteiger partial charge in [0, 0.05) is 17.1 Å². The Hall–Kier alpha value is -3.20. The number of carbonyl (C=O) groups excluding carboxylic acids is 1. The first-order chi connectivity index (χ1) is 16.5. The van der Waals surface area contributed by atoms with Crippen LogP contribution in [0, 0.1) is 6.92 Å². The summed E-state index contributed by atoms with van der Waals surface area (Å²) in [4.78, 5) is 44.0. The molecule has 1 fully saturated rings. The largest absolute Gasteiger partial charge is 0.477 e. The highest BCUT2D eigenvalue weighted by Gasteiger charge is 2.30. The molecule has 5 rings (SSSR count). The minimum atomic E-state index is -1.22. The summed E-state index contributed by atoms with van der Waals surface area (Å²) in [6.07, 6.45) is 5.63. The van der Waals surface area contributed by atoms with Crippen molar-refractivity contribution in [3.05, 3.63) is 50.1 Å². The molecule has 0 aliphatic heterocycles. The number of hydrogen-bond acceptors (Lipinski definition) is 6. The van der Waals surface area contributed by atoms with Crippen LogP contribution in [0.1, 0.15) is 84.9 Å². The number of aromatic carboxylic acids is 1. The number of amides is 1. The highest BCUT2D eigenvalue weighted by Crippen LogP contribution is 2.42. The van der Waals surface area contributed by atoms with Gasteiger partial charge >= 0.3 is 12.1 Å². The molecule has 35 heavy (non-hydrogen) atoms. The van der Waals surface area contributed by atoms with Crippen molar-refractivity contribution in [1.29, 1.82) is 0 Å². The average Bonchev–Trinajstić information content (AvgIpc) is 3.50. The summed E-state index contributed by atoms with van der Waals surface area (Å²) in [5.41, 5.74) is 2.03. The second-order valence-electron chi connectivity index (χ2n) is 10.4. The number of carboxylic acids is 1. The summed E-state index contributed by atoms with van der Waals surface area (Å²) < 4.78 is 7.31. The number of fused-ring (bicyclic) bond motifs is 2. The van der Waals surface area contributed by atoms with Crippen LogP contribution in [0.3, 0.4) is 0 Å². The van der Waals surface area contributed by atoms with Crippen molar-refractivity contribution >= 4 is 34.4 Å². The number of hydrogen-bond donors (Lipinski definition) is 2. The topological polar surface area (TPSA) is 111 Å². The molecule has 2 N–H and O–H groups in total. The van der Waals surface area contributed by atoms with Gasteiger partial charge in [0.2, 0.25) is 5.43 Å². The minimum Gasteiger partial charge on any atom is -0.477 e. The molecule has 1 amide bonds. The van der Waals surface area contributed by atoms with Gasteiger partial charge in [0.05, 0.1) is 22.0 Å². The Morgan fingerprint density at radius 2 is 1.97 bits per heavy atom. The normalized spacial score (nSPS) is 17.8. The molecule has 3 aromatic heterocycles. The number of nitrogens with one attached hydrogen (secondary N) is 1. The highest BCUT2D eigenvalue weighted by atomic mass is 32.1. The van der Waals surface area contributed by atoms with Gasteiger partial charge in [-0.1, -0.05) is 0 Å². The van der Waals surface area contributed by atoms with Crippen LogP contribution in [0.5, 0.6) is 0 Å². The molecule has 0 radical (unpaired) electrons. The smallest absolute Gasteiger partial charge is 0.408 e. The van der Waals surface area contributed by atoms with Crippen molar-refractivity contribution in [3.63, 3.8) is 0 Å². The second-order valence-corrected chi connectivity index (χ2v) is 11.5. The number of ether oxygens (including phenoxy) is 1. The van der Waals surface area contributed by atoms with Gasteiger partial charge in [0.15, 0.2) is 0 Å². The second kappa shape index (κ2) is 8.48. The van der Waals surface area contributed by atoms with Crippen LogP contribution in [0.15, 0.2) is 23.1 Å². The van der Waals surface area contributed by atoms with Crippen molar-refractivity contribution in [2.24, 2.45) is 0 Å². The van der Waals surface area contributed by atoms with Crippen molar-refractivity contribution in [2.45, 2.75) is 77.5 Å². The summed E-state index contributed by atoms with van der Waals surface area (Å²) in [6.45, 7) is 7.43. The lowest BCUT2D eigenvalue weighted by molar-refractivity contribution is 0.0499. The standard InChI is InChI=1S/C26H29N3O5S/c1-13-10-16-21(30)17(24(31)32)12-29(15-8-9-15)23(16)28-20(13)19-11-14-6-5-7-18(22(14)35-19)27-25(33)34-26(2,3)4/h10-12,15,18H,5-9H2,1-4H3,(H,27,33)(H,31,32). The summed E-state index contributed by atoms with van der Waals surface area (Å²) in [5, 5.41) is 12.9. The van der Waals surface area contributed by atoms with E-state index in [0.29, 0.717) is 11.0 Å². The Labute approximate surface area is 206 Å². The maximum atomic E-state index is 12.9. The zero-order valence-corrected chi connectivity index (χ0v) is 21.1. The van der Waals surface area contributed by atoms with Crippen molar-refractivity contribution in [2.75, 3.05) is 0 Å². The van der Waals surface area contributed by atoms with Crippen LogP contribution >= 0.6 is 11.3 Å². The molecule has 2 aliphatic rings. The van der Waals surface area contributed by atoms with Crippen LogP contribution in [0.4, 0.5) is 4.79 Å². The van der Waals surface area contributed by atoms with E-state index in [9.17, 15) is 19.5 Å². The fourth-order valence-corrected chi connectivity index (χ4v) is 6.02. The van der Waals surface area contributed by atoms with Crippen LogP contribution in [0.25, 0.3) is 21.6 Å². The quantitative estimate of drug-likeness (QED) is 0.504. The van der Waals surface area contributed by atoms with Gasteiger partial charge < -0.3 is 19.7 Å². The van der Waals surface area contributed by atoms with E-state index in [1.807, 2.05) is 32.3 Å². The Morgan fingerprint density at radius 1 is 1.23 bits per heavy atom. The van der Waals surface area contributed by atoms with Crippen LogP contribution < -0.4 is 10.7 Å². The third kappa shape index (κ3) is 4.57. The molecular weight excluding hydrogens is 466 g/mol. The average molecular weight is 496 g/mol. The predicted molar refractivity (Wildman–Crippen MR) is 134 cm³/mol. The van der Waals surface area contributed by atoms with E-state index in [1.54, 1.807) is 17.4 Å². The Bertz CT molecular complexity index is 1410. The van der Waals surface area contributed by atoms with Crippen LogP contribution in [-0.2, 0) is 11.2 Å². The lowest BCUT2D eigenvalue weighted by Crippen LogP contribution is -2.35. The molecule has 1 saturated carbocycles. The molecule has 184 valence electrons. The molecule has 0 spiro atoms. The molecule has 1 unspecified atom stereocenters. The van der Waals surface area contributed by atoms with Crippen LogP contribution in [0.2, 0.25) is 0 Å². The molecule has 9 heteroatoms. The Morgan fingerprint density at radius 3 is 2.63 bits per heavy atom. The number of aromatic nitrogens is 2. The zero-order chi connectivity index (χ0) is 25.1. The zero-order valence-electron chi connectivity index (χ0n) is 20.3. The predicted octanol–water partition coefficient (Wildman–Crippen LogP) is 5.37. The van der Waals surface area contributed by atoms with Gasteiger partial charge in [-0.05, 0) is 83.1 Å². The molecular formula is C26H29N3O5S. The highest BCUT2D eigenvalue weighted by molar-refractivity contribution is 7.15. The number of aryl methyl sites for hydroxylation is 2. The number of pyridine rings is 2. The van der Waals surface area contributed by atoms with Gasteiger partial charge in [0.25, 0.3) is 0 Å². The Balaban J connectivity index is 1.56. The fraction of sp³-hybridized carbons (Fsp3) is 0.462. The van der Waals surface area contributed by atoms with E-state index in [4.69, 9.17) is 9.72 Å². The van der Waals surface area contributed by atoms with Gasteiger partial charge in [-0.25, -0.2) is 14.6 Å². The molecule has 3 aromatic rings. The molecule has 1 atom stereocenters. The maximum Gasteiger partial charge on any atom is 0.408 e. The molecule has 8 nitrogen and oxygen atoms in total. The van der Waals surface area contributed by atoms with E-state index in [0.717, 1.165) is 53.1 Å². The first-order valence-electron chi connectivity index (χ1n) is 11.9. The lowest BCUT2D eigenvalue weighted by Gasteiger charge is -2.26. The summed E-state index contributed by atoms with van der Waals surface area (Å²) >= 11 is 1.61. The van der Waals surface area contributed by atoms with Gasteiger partial charge in [0.1, 0.15) is 16.8 Å². The maximum absolute atomic E-state index is 12.9. The molecule has 3 heterocycles. The SMILES string of the molecule is Cc1cc2c(=O)c(C(=O)O)cn(C3CC3)c2nc1-c1cc2c(s1)C(NC(=O)OC(C)(C)C)CCC2. The van der Waals surface area contributed by atoms with Crippen molar-refractivity contribution in [1.82, 2.24) is 14.9 Å². The minimum absolute atomic E-state index is 0.115. The van der Waals surface area contributed by atoms with E-state index < -0.39 is 23.1 Å². The molecule has 2 aliphatic carbocycles. The monoisotopic (exact) mass is 495 g/mol. The van der Waals surface area contributed by atoms with Gasteiger partial charge in [-0.2, -0.15) is 0 Å². The van der Waals surface area contributed by atoms with E-state index in [1.165, 1.54) is 11.8 Å². The summed E-state index contributed by atoms with van der Waals surface area (Å²) in [6, 6.07) is 3.95. The number of rotatable bonds is 4. The number of carbonyl (C=O) groups is 2. The number of nitrogens with zero attached hydrogens (tertiary/aromatic N) is 2. The fourth-order valence-electron chi connectivity index (χ4n) is 4.67. The first kappa shape index (κ1) is 23.5. The molecule has 0 bridgehead atoms. The van der Waals surface area contributed by atoms with E-state index >= 15 is 0 Å². The molecule has 0 saturated heterocycles. The van der Waals surface area contributed by atoms with Crippen molar-refractivity contribution in [3.8, 4) is 10.6 Å².